The molecule has 156 valence electrons. The first-order valence-corrected chi connectivity index (χ1v) is 9.34. The van der Waals surface area contributed by atoms with Gasteiger partial charge in [0.15, 0.2) is 6.61 Å². The maximum Gasteiger partial charge on any atom is 0.422 e. The van der Waals surface area contributed by atoms with Gasteiger partial charge in [-0.15, -0.1) is 0 Å². The number of amides is 1. The molecule has 1 aliphatic rings. The Morgan fingerprint density at radius 1 is 1.31 bits per heavy atom. The van der Waals surface area contributed by atoms with Gasteiger partial charge < -0.3 is 10.1 Å². The summed E-state index contributed by atoms with van der Waals surface area (Å²) >= 11 is 0. The number of hydrogen-bond donors (Lipinski definition) is 1. The average molecular weight is 408 g/mol. The summed E-state index contributed by atoms with van der Waals surface area (Å²) in [6.45, 7) is 2.77. The minimum Gasteiger partial charge on any atom is -0.484 e. The number of carbonyl (C=O) groups excluding carboxylic acids is 1. The van der Waals surface area contributed by atoms with Crippen molar-refractivity contribution in [3.05, 3.63) is 53.6 Å². The number of nitrogens with zero attached hydrogens (tertiary/aromatic N) is 3. The van der Waals surface area contributed by atoms with Crippen LogP contribution in [0, 0.1) is 12.8 Å². The number of alkyl halides is 3. The summed E-state index contributed by atoms with van der Waals surface area (Å²) in [7, 11) is 0. The highest BCUT2D eigenvalue weighted by Gasteiger charge is 2.29. The molecule has 2 aromatic rings. The molecule has 3 rings (SSSR count). The van der Waals surface area contributed by atoms with Gasteiger partial charge in [-0.1, -0.05) is 12.1 Å². The lowest BCUT2D eigenvalue weighted by atomic mass is 10.1. The summed E-state index contributed by atoms with van der Waals surface area (Å²) in [6.07, 6.45) is -0.332. The van der Waals surface area contributed by atoms with Crippen LogP contribution in [-0.4, -0.2) is 46.6 Å². The lowest BCUT2D eigenvalue weighted by molar-refractivity contribution is -0.153. The van der Waals surface area contributed by atoms with Gasteiger partial charge in [0.25, 0.3) is 0 Å². The van der Waals surface area contributed by atoms with Crippen LogP contribution in [0.25, 0.3) is 0 Å². The fourth-order valence-corrected chi connectivity index (χ4v) is 3.18. The Morgan fingerprint density at radius 2 is 2.14 bits per heavy atom. The van der Waals surface area contributed by atoms with Gasteiger partial charge in [-0.25, -0.2) is 0 Å². The van der Waals surface area contributed by atoms with Crippen molar-refractivity contribution in [2.75, 3.05) is 19.7 Å². The van der Waals surface area contributed by atoms with Crippen molar-refractivity contribution < 1.29 is 22.7 Å². The normalized spacial score (nSPS) is 17.3. The lowest BCUT2D eigenvalue weighted by Crippen LogP contribution is -2.32. The average Bonchev–Trinajstić information content (AvgIpc) is 3.14. The molecule has 1 atom stereocenters. The number of halogens is 3. The number of ether oxygens (including phenoxy) is 1. The minimum absolute atomic E-state index is 0.0304. The number of likely N-dealkylation sites (tertiary alicyclic amines) is 1. The Hall–Kier alpha value is -2.68. The second kappa shape index (κ2) is 9.21. The molecule has 2 heterocycles. The molecule has 1 aromatic heterocycles. The maximum atomic E-state index is 12.4. The van der Waals surface area contributed by atoms with Crippen LogP contribution >= 0.6 is 0 Å². The molecule has 1 aliphatic heterocycles. The smallest absolute Gasteiger partial charge is 0.422 e. The Kier molecular flexibility index (Phi) is 6.68. The molecule has 1 fully saturated rings. The summed E-state index contributed by atoms with van der Waals surface area (Å²) in [5.74, 6) is 0.0303. The van der Waals surface area contributed by atoms with E-state index < -0.39 is 12.8 Å². The van der Waals surface area contributed by atoms with Gasteiger partial charge in [-0.3, -0.25) is 19.7 Å². The van der Waals surface area contributed by atoms with Gasteiger partial charge in [0.05, 0.1) is 30.0 Å². The highest BCUT2D eigenvalue weighted by atomic mass is 19.4. The molecule has 0 spiro atoms. The van der Waals surface area contributed by atoms with E-state index in [9.17, 15) is 18.0 Å². The van der Waals surface area contributed by atoms with Crippen LogP contribution in [0.15, 0.2) is 36.7 Å². The largest absolute Gasteiger partial charge is 0.484 e. The van der Waals surface area contributed by atoms with Crippen LogP contribution in [0.1, 0.15) is 23.4 Å². The second-order valence-corrected chi connectivity index (χ2v) is 7.14. The van der Waals surface area contributed by atoms with Gasteiger partial charge in [0.2, 0.25) is 5.91 Å². The lowest BCUT2D eigenvalue weighted by Gasteiger charge is -2.17. The molecule has 1 aromatic carbocycles. The van der Waals surface area contributed by atoms with Crippen LogP contribution in [0.5, 0.6) is 5.75 Å². The zero-order valence-electron chi connectivity index (χ0n) is 16.1. The predicted octanol–water partition coefficient (Wildman–Crippen LogP) is 2.86. The molecule has 9 heteroatoms. The van der Waals surface area contributed by atoms with Crippen LogP contribution in [0.4, 0.5) is 13.2 Å². The SMILES string of the molecule is Cc1cnc(CNC(=O)C2CCN(Cc3cccc(OCC(F)(F)F)c3)C2)cn1. The summed E-state index contributed by atoms with van der Waals surface area (Å²) in [5.41, 5.74) is 2.37. The van der Waals surface area contributed by atoms with E-state index in [1.807, 2.05) is 13.0 Å². The standard InChI is InChI=1S/C20H23F3N4O2/c1-14-8-25-17(9-24-14)10-26-19(28)16-5-6-27(12-16)11-15-3-2-4-18(7-15)29-13-20(21,22)23/h2-4,7-9,16H,5-6,10-13H2,1H3,(H,26,28). The molecule has 6 nitrogen and oxygen atoms in total. The van der Waals surface area contributed by atoms with Crippen molar-refractivity contribution in [2.45, 2.75) is 32.6 Å². The molecule has 0 bridgehead atoms. The van der Waals surface area contributed by atoms with E-state index in [0.29, 0.717) is 25.3 Å². The van der Waals surface area contributed by atoms with Gasteiger partial charge in [0, 0.05) is 19.3 Å². The highest BCUT2D eigenvalue weighted by molar-refractivity contribution is 5.79. The number of aromatic nitrogens is 2. The molecule has 0 radical (unpaired) electrons. The van der Waals surface area contributed by atoms with Crippen molar-refractivity contribution in [3.63, 3.8) is 0 Å². The topological polar surface area (TPSA) is 67.4 Å². The Bertz CT molecular complexity index is 827. The van der Waals surface area contributed by atoms with Crippen LogP contribution in [0.2, 0.25) is 0 Å². The number of carbonyl (C=O) groups is 1. The van der Waals surface area contributed by atoms with Gasteiger partial charge in [-0.05, 0) is 37.6 Å². The number of rotatable bonds is 7. The van der Waals surface area contributed by atoms with E-state index in [2.05, 4.69) is 20.2 Å². The van der Waals surface area contributed by atoms with E-state index in [4.69, 9.17) is 4.74 Å². The van der Waals surface area contributed by atoms with Crippen molar-refractivity contribution in [2.24, 2.45) is 5.92 Å². The summed E-state index contributed by atoms with van der Waals surface area (Å²) in [5, 5.41) is 2.89. The first-order chi connectivity index (χ1) is 13.8. The van der Waals surface area contributed by atoms with E-state index in [-0.39, 0.29) is 17.6 Å². The third kappa shape index (κ3) is 6.70. The molecular weight excluding hydrogens is 385 g/mol. The third-order valence-electron chi connectivity index (χ3n) is 4.63. The predicted molar refractivity (Wildman–Crippen MR) is 100.0 cm³/mol. The zero-order chi connectivity index (χ0) is 20.9. The number of nitrogens with one attached hydrogen (secondary N) is 1. The summed E-state index contributed by atoms with van der Waals surface area (Å²) in [4.78, 5) is 22.9. The molecule has 1 N–H and O–H groups in total. The van der Waals surface area contributed by atoms with E-state index in [1.165, 1.54) is 6.07 Å². The van der Waals surface area contributed by atoms with Crippen LogP contribution in [-0.2, 0) is 17.9 Å². The molecular formula is C20H23F3N4O2. The quantitative estimate of drug-likeness (QED) is 0.763. The number of hydrogen-bond acceptors (Lipinski definition) is 5. The van der Waals surface area contributed by atoms with Gasteiger partial charge >= 0.3 is 6.18 Å². The van der Waals surface area contributed by atoms with Crippen molar-refractivity contribution >= 4 is 5.91 Å². The Labute approximate surface area is 167 Å². The fourth-order valence-electron chi connectivity index (χ4n) is 3.18. The second-order valence-electron chi connectivity index (χ2n) is 7.14. The fraction of sp³-hybridized carbons (Fsp3) is 0.450. The van der Waals surface area contributed by atoms with Crippen molar-refractivity contribution in [1.82, 2.24) is 20.2 Å². The zero-order valence-corrected chi connectivity index (χ0v) is 16.1. The molecule has 29 heavy (non-hydrogen) atoms. The van der Waals surface area contributed by atoms with Crippen molar-refractivity contribution in [3.8, 4) is 5.75 Å². The molecule has 1 amide bonds. The highest BCUT2D eigenvalue weighted by Crippen LogP contribution is 2.22. The van der Waals surface area contributed by atoms with E-state index in [1.54, 1.807) is 24.5 Å². The molecule has 0 aliphatic carbocycles. The number of aryl methyl sites for hydroxylation is 1. The van der Waals surface area contributed by atoms with Gasteiger partial charge in [0.1, 0.15) is 5.75 Å². The molecule has 1 saturated heterocycles. The minimum atomic E-state index is -4.37. The summed E-state index contributed by atoms with van der Waals surface area (Å²) in [6, 6.07) is 6.62. The third-order valence-corrected chi connectivity index (χ3v) is 4.63. The molecule has 1 unspecified atom stereocenters. The van der Waals surface area contributed by atoms with Crippen molar-refractivity contribution in [1.29, 1.82) is 0 Å². The van der Waals surface area contributed by atoms with Crippen LogP contribution < -0.4 is 10.1 Å². The monoisotopic (exact) mass is 408 g/mol. The first-order valence-electron chi connectivity index (χ1n) is 9.34. The first kappa shape index (κ1) is 21.0. The van der Waals surface area contributed by atoms with Gasteiger partial charge in [-0.2, -0.15) is 13.2 Å². The van der Waals surface area contributed by atoms with Crippen LogP contribution in [0.3, 0.4) is 0 Å². The number of benzene rings is 1. The van der Waals surface area contributed by atoms with E-state index >= 15 is 0 Å². The molecule has 0 saturated carbocycles. The Morgan fingerprint density at radius 3 is 2.86 bits per heavy atom. The maximum absolute atomic E-state index is 12.4. The Balaban J connectivity index is 1.47. The summed E-state index contributed by atoms with van der Waals surface area (Å²) < 4.78 is 41.7. The van der Waals surface area contributed by atoms with E-state index in [0.717, 1.165) is 24.2 Å².